The van der Waals surface area contributed by atoms with Gasteiger partial charge in [0.15, 0.2) is 0 Å². The zero-order valence-corrected chi connectivity index (χ0v) is 11.8. The summed E-state index contributed by atoms with van der Waals surface area (Å²) >= 11 is 0. The third kappa shape index (κ3) is 2.85. The monoisotopic (exact) mass is 268 g/mol. The first-order chi connectivity index (χ1) is 9.04. The van der Waals surface area contributed by atoms with Crippen molar-refractivity contribution in [2.45, 2.75) is 45.6 Å². The number of hydrogen-bond acceptors (Lipinski definition) is 2. The van der Waals surface area contributed by atoms with E-state index in [9.17, 15) is 9.59 Å². The average molecular weight is 268 g/mol. The first-order valence-corrected chi connectivity index (χ1v) is 7.33. The van der Waals surface area contributed by atoms with Gasteiger partial charge in [-0.25, -0.2) is 4.79 Å². The van der Waals surface area contributed by atoms with Crippen molar-refractivity contribution in [3.8, 4) is 0 Å². The number of carbonyl (C=O) groups excluding carboxylic acids is 1. The van der Waals surface area contributed by atoms with Crippen LogP contribution >= 0.6 is 0 Å². The lowest BCUT2D eigenvalue weighted by Gasteiger charge is -2.37. The Hall–Kier alpha value is -1.26. The first kappa shape index (κ1) is 14.2. The van der Waals surface area contributed by atoms with E-state index in [-0.39, 0.29) is 11.9 Å². The molecule has 0 spiro atoms. The molecule has 1 unspecified atom stereocenters. The first-order valence-electron chi connectivity index (χ1n) is 7.33. The number of hydrogen-bond donors (Lipinski definition) is 1. The van der Waals surface area contributed by atoms with Crippen molar-refractivity contribution in [1.82, 2.24) is 9.80 Å². The van der Waals surface area contributed by atoms with Gasteiger partial charge in [0.05, 0.1) is 5.92 Å². The van der Waals surface area contributed by atoms with Gasteiger partial charge in [0, 0.05) is 25.7 Å². The lowest BCUT2D eigenvalue weighted by atomic mass is 9.99. The fraction of sp³-hybridized carbons (Fsp3) is 0.857. The number of nitrogens with zero attached hydrogens (tertiary/aromatic N) is 2. The molecule has 0 aromatic carbocycles. The van der Waals surface area contributed by atoms with Crippen molar-refractivity contribution in [2.24, 2.45) is 11.8 Å². The van der Waals surface area contributed by atoms with E-state index in [1.807, 2.05) is 11.8 Å². The van der Waals surface area contributed by atoms with Gasteiger partial charge in [-0.2, -0.15) is 0 Å². The van der Waals surface area contributed by atoms with Crippen molar-refractivity contribution in [2.75, 3.05) is 19.6 Å². The molecule has 0 radical (unpaired) electrons. The van der Waals surface area contributed by atoms with Gasteiger partial charge in [-0.3, -0.25) is 4.79 Å². The number of amides is 2. The van der Waals surface area contributed by atoms with Gasteiger partial charge < -0.3 is 14.9 Å². The van der Waals surface area contributed by atoms with E-state index in [0.29, 0.717) is 19.1 Å². The molecule has 2 fully saturated rings. The van der Waals surface area contributed by atoms with E-state index in [4.69, 9.17) is 5.11 Å². The Morgan fingerprint density at radius 3 is 2.58 bits per heavy atom. The van der Waals surface area contributed by atoms with Gasteiger partial charge in [-0.1, -0.05) is 13.8 Å². The van der Waals surface area contributed by atoms with Gasteiger partial charge in [-0.05, 0) is 31.6 Å². The molecule has 0 aliphatic carbocycles. The summed E-state index contributed by atoms with van der Waals surface area (Å²) in [5.74, 6) is -1.14. The number of likely N-dealkylation sites (tertiary alicyclic amines) is 2. The van der Waals surface area contributed by atoms with Crippen LogP contribution in [0.2, 0.25) is 0 Å². The van der Waals surface area contributed by atoms with Crippen molar-refractivity contribution < 1.29 is 14.7 Å². The van der Waals surface area contributed by atoms with Crippen LogP contribution in [0.5, 0.6) is 0 Å². The highest BCUT2D eigenvalue weighted by Crippen LogP contribution is 2.27. The number of piperidine rings is 1. The lowest BCUT2D eigenvalue weighted by Crippen LogP contribution is -2.49. The lowest BCUT2D eigenvalue weighted by molar-refractivity contribution is -0.142. The van der Waals surface area contributed by atoms with E-state index in [1.165, 1.54) is 6.42 Å². The molecule has 2 aliphatic rings. The van der Waals surface area contributed by atoms with Crippen LogP contribution in [-0.4, -0.2) is 52.6 Å². The van der Waals surface area contributed by atoms with Gasteiger partial charge in [-0.15, -0.1) is 0 Å². The number of urea groups is 1. The van der Waals surface area contributed by atoms with E-state index in [2.05, 4.69) is 6.92 Å². The zero-order chi connectivity index (χ0) is 14.0. The molecule has 108 valence electrons. The van der Waals surface area contributed by atoms with E-state index in [1.54, 1.807) is 4.90 Å². The van der Waals surface area contributed by atoms with Gasteiger partial charge in [0.2, 0.25) is 0 Å². The molecule has 2 amide bonds. The van der Waals surface area contributed by atoms with E-state index in [0.717, 1.165) is 25.8 Å². The van der Waals surface area contributed by atoms with Crippen molar-refractivity contribution >= 4 is 12.0 Å². The molecule has 0 aromatic heterocycles. The summed E-state index contributed by atoms with van der Waals surface area (Å²) < 4.78 is 0. The second-order valence-corrected chi connectivity index (χ2v) is 5.86. The molecule has 2 aliphatic heterocycles. The predicted molar refractivity (Wildman–Crippen MR) is 71.9 cm³/mol. The summed E-state index contributed by atoms with van der Waals surface area (Å²) in [6, 6.07) is 0.377. The molecule has 19 heavy (non-hydrogen) atoms. The summed E-state index contributed by atoms with van der Waals surface area (Å²) in [7, 11) is 0. The Bertz CT molecular complexity index is 359. The summed E-state index contributed by atoms with van der Waals surface area (Å²) in [6.07, 6.45) is 4.32. The Balaban J connectivity index is 2.02. The molecule has 3 atom stereocenters. The minimum absolute atomic E-state index is 0.0437. The Morgan fingerprint density at radius 1 is 1.26 bits per heavy atom. The third-order valence-electron chi connectivity index (χ3n) is 4.54. The molecule has 1 N–H and O–H groups in total. The molecule has 2 rings (SSSR count). The Labute approximate surface area is 114 Å². The summed E-state index contributed by atoms with van der Waals surface area (Å²) in [4.78, 5) is 27.4. The average Bonchev–Trinajstić information content (AvgIpc) is 2.80. The molecule has 0 aromatic rings. The van der Waals surface area contributed by atoms with Crippen LogP contribution in [0.3, 0.4) is 0 Å². The molecular formula is C14H24N2O3. The molecule has 0 saturated carbocycles. The molecule has 2 heterocycles. The van der Waals surface area contributed by atoms with Crippen LogP contribution in [0.25, 0.3) is 0 Å². The third-order valence-corrected chi connectivity index (χ3v) is 4.54. The second kappa shape index (κ2) is 5.80. The van der Waals surface area contributed by atoms with E-state index >= 15 is 0 Å². The number of carboxylic acid groups (broad SMARTS) is 1. The molecule has 5 heteroatoms. The van der Waals surface area contributed by atoms with E-state index < -0.39 is 11.9 Å². The highest BCUT2D eigenvalue weighted by Gasteiger charge is 2.39. The highest BCUT2D eigenvalue weighted by atomic mass is 16.4. The largest absolute Gasteiger partial charge is 0.481 e. The number of carbonyl (C=O) groups is 2. The van der Waals surface area contributed by atoms with Crippen LogP contribution in [0.15, 0.2) is 0 Å². The minimum atomic E-state index is -0.784. The maximum atomic E-state index is 12.5. The number of rotatable bonds is 2. The standard InChI is InChI=1S/C14H24N2O3/c1-3-11-6-4-5-7-16(11)14(19)15-8-10(2)12(9-15)13(17)18/h10-12H,3-9H2,1-2H3,(H,17,18)/t10-,11?,12-/m1/s1. The summed E-state index contributed by atoms with van der Waals surface area (Å²) in [5.41, 5.74) is 0. The molecule has 2 saturated heterocycles. The maximum absolute atomic E-state index is 12.5. The maximum Gasteiger partial charge on any atom is 0.320 e. The summed E-state index contributed by atoms with van der Waals surface area (Å²) in [6.45, 7) is 5.79. The van der Waals surface area contributed by atoms with Gasteiger partial charge >= 0.3 is 12.0 Å². The van der Waals surface area contributed by atoms with Gasteiger partial charge in [0.1, 0.15) is 0 Å². The van der Waals surface area contributed by atoms with Crippen LogP contribution in [0.1, 0.15) is 39.5 Å². The van der Waals surface area contributed by atoms with Gasteiger partial charge in [0.25, 0.3) is 0 Å². The van der Waals surface area contributed by atoms with Crippen LogP contribution in [0.4, 0.5) is 4.79 Å². The fourth-order valence-electron chi connectivity index (χ4n) is 3.30. The fourth-order valence-corrected chi connectivity index (χ4v) is 3.30. The molecule has 0 bridgehead atoms. The molecule has 5 nitrogen and oxygen atoms in total. The quantitative estimate of drug-likeness (QED) is 0.833. The van der Waals surface area contributed by atoms with Crippen molar-refractivity contribution in [3.63, 3.8) is 0 Å². The summed E-state index contributed by atoms with van der Waals surface area (Å²) in [5, 5.41) is 9.14. The highest BCUT2D eigenvalue weighted by molar-refractivity contribution is 5.78. The number of carboxylic acids is 1. The topological polar surface area (TPSA) is 60.9 Å². The Kier molecular flexibility index (Phi) is 4.32. The van der Waals surface area contributed by atoms with Crippen LogP contribution in [-0.2, 0) is 4.79 Å². The zero-order valence-electron chi connectivity index (χ0n) is 11.8. The minimum Gasteiger partial charge on any atom is -0.481 e. The SMILES string of the molecule is CCC1CCCCN1C(=O)N1C[C@@H](C)[C@H](C(=O)O)C1. The molecular weight excluding hydrogens is 244 g/mol. The Morgan fingerprint density at radius 2 is 2.00 bits per heavy atom. The second-order valence-electron chi connectivity index (χ2n) is 5.86. The number of aliphatic carboxylic acids is 1. The van der Waals surface area contributed by atoms with Crippen molar-refractivity contribution in [1.29, 1.82) is 0 Å². The smallest absolute Gasteiger partial charge is 0.320 e. The normalized spacial score (nSPS) is 31.6. The van der Waals surface area contributed by atoms with Crippen LogP contribution < -0.4 is 0 Å². The van der Waals surface area contributed by atoms with Crippen LogP contribution in [0, 0.1) is 11.8 Å². The van der Waals surface area contributed by atoms with Crippen molar-refractivity contribution in [3.05, 3.63) is 0 Å². The predicted octanol–water partition coefficient (Wildman–Crippen LogP) is 2.02.